The van der Waals surface area contributed by atoms with E-state index in [4.69, 9.17) is 0 Å². The van der Waals surface area contributed by atoms with Crippen LogP contribution in [0, 0.1) is 5.92 Å². The minimum atomic E-state index is 0.276. The van der Waals surface area contributed by atoms with E-state index >= 15 is 0 Å². The number of Topliss-reactive ketones (excluding diaryl/α,β-unsaturated/α-hetero) is 1. The number of anilines is 1. The van der Waals surface area contributed by atoms with Crippen LogP contribution < -0.4 is 4.90 Å². The van der Waals surface area contributed by atoms with E-state index in [9.17, 15) is 9.59 Å². The van der Waals surface area contributed by atoms with Gasteiger partial charge in [0.25, 0.3) is 0 Å². The summed E-state index contributed by atoms with van der Waals surface area (Å²) in [6.45, 7) is 8.10. The maximum absolute atomic E-state index is 12.8. The number of carbonyl (C=O) groups is 2. The van der Waals surface area contributed by atoms with E-state index in [0.29, 0.717) is 18.2 Å². The highest BCUT2D eigenvalue weighted by atomic mass is 16.2. The lowest BCUT2D eigenvalue weighted by Gasteiger charge is -2.43. The van der Waals surface area contributed by atoms with Crippen LogP contribution in [0.5, 0.6) is 0 Å². The van der Waals surface area contributed by atoms with Crippen molar-refractivity contribution in [1.29, 1.82) is 0 Å². The standard InChI is InChI=1S/C24H34N4O2/c29-23(28-16-14-27(15-17-28)21-2-1-3-21)18-25-10-12-26(13-11-25)22-8-6-20(7-9-22)24(30)19-4-5-19/h6-9,19,21H,1-5,10-18H2. The first-order chi connectivity index (χ1) is 14.7. The molecule has 5 rings (SSSR count). The highest BCUT2D eigenvalue weighted by Crippen LogP contribution is 2.33. The van der Waals surface area contributed by atoms with Crippen LogP contribution in [0.3, 0.4) is 0 Å². The predicted octanol–water partition coefficient (Wildman–Crippen LogP) is 2.10. The van der Waals surface area contributed by atoms with Crippen LogP contribution in [-0.4, -0.2) is 91.3 Å². The van der Waals surface area contributed by atoms with E-state index in [-0.39, 0.29) is 5.92 Å². The number of rotatable bonds is 6. The molecule has 1 amide bonds. The summed E-state index contributed by atoms with van der Waals surface area (Å²) >= 11 is 0. The van der Waals surface area contributed by atoms with Crippen LogP contribution in [0.2, 0.25) is 0 Å². The van der Waals surface area contributed by atoms with Crippen LogP contribution in [0.1, 0.15) is 42.5 Å². The van der Waals surface area contributed by atoms with Gasteiger partial charge >= 0.3 is 0 Å². The summed E-state index contributed by atoms with van der Waals surface area (Å²) in [6, 6.07) is 8.91. The van der Waals surface area contributed by atoms with Crippen molar-refractivity contribution < 1.29 is 9.59 Å². The number of ketones is 1. The van der Waals surface area contributed by atoms with Gasteiger partial charge in [-0.3, -0.25) is 19.4 Å². The molecule has 6 heteroatoms. The molecule has 0 atom stereocenters. The van der Waals surface area contributed by atoms with Crippen molar-refractivity contribution in [1.82, 2.24) is 14.7 Å². The van der Waals surface area contributed by atoms with E-state index < -0.39 is 0 Å². The molecule has 4 aliphatic rings. The molecule has 2 aliphatic carbocycles. The van der Waals surface area contributed by atoms with Gasteiger partial charge in [-0.15, -0.1) is 0 Å². The number of benzene rings is 1. The lowest BCUT2D eigenvalue weighted by molar-refractivity contribution is -0.134. The molecule has 2 saturated carbocycles. The molecule has 2 aliphatic heterocycles. The Kier molecular flexibility index (Phi) is 5.79. The molecule has 1 aromatic rings. The molecule has 2 heterocycles. The first-order valence-corrected chi connectivity index (χ1v) is 11.8. The maximum Gasteiger partial charge on any atom is 0.236 e. The largest absolute Gasteiger partial charge is 0.369 e. The smallest absolute Gasteiger partial charge is 0.236 e. The molecule has 4 fully saturated rings. The van der Waals surface area contributed by atoms with Gasteiger partial charge in [0.05, 0.1) is 6.54 Å². The Hall–Kier alpha value is -1.92. The second-order valence-corrected chi connectivity index (χ2v) is 9.45. The van der Waals surface area contributed by atoms with Gasteiger partial charge in [-0.05, 0) is 49.9 Å². The first-order valence-electron chi connectivity index (χ1n) is 11.8. The van der Waals surface area contributed by atoms with Crippen LogP contribution in [0.15, 0.2) is 24.3 Å². The lowest BCUT2D eigenvalue weighted by Crippen LogP contribution is -2.56. The summed E-state index contributed by atoms with van der Waals surface area (Å²) in [4.78, 5) is 34.2. The van der Waals surface area contributed by atoms with Crippen LogP contribution in [-0.2, 0) is 4.79 Å². The zero-order valence-electron chi connectivity index (χ0n) is 18.0. The third kappa shape index (κ3) is 4.40. The SMILES string of the molecule is O=C(c1ccc(N2CCN(CC(=O)N3CCN(C4CCC4)CC3)CC2)cc1)C1CC1. The number of hydrogen-bond acceptors (Lipinski definition) is 5. The molecule has 2 saturated heterocycles. The van der Waals surface area contributed by atoms with Gasteiger partial charge in [-0.1, -0.05) is 6.42 Å². The summed E-state index contributed by atoms with van der Waals surface area (Å²) in [7, 11) is 0. The highest BCUT2D eigenvalue weighted by molar-refractivity contribution is 5.99. The summed E-state index contributed by atoms with van der Waals surface area (Å²) in [5.41, 5.74) is 2.03. The van der Waals surface area contributed by atoms with Gasteiger partial charge in [-0.2, -0.15) is 0 Å². The number of amides is 1. The second-order valence-electron chi connectivity index (χ2n) is 9.45. The van der Waals surface area contributed by atoms with Crippen molar-refractivity contribution in [2.24, 2.45) is 5.92 Å². The van der Waals surface area contributed by atoms with Crippen molar-refractivity contribution in [2.75, 3.05) is 63.8 Å². The van der Waals surface area contributed by atoms with Crippen molar-refractivity contribution in [3.05, 3.63) is 29.8 Å². The van der Waals surface area contributed by atoms with E-state index in [1.54, 1.807) is 0 Å². The quantitative estimate of drug-likeness (QED) is 0.672. The molecule has 1 aromatic carbocycles. The maximum atomic E-state index is 12.8. The topological polar surface area (TPSA) is 47.1 Å². The van der Waals surface area contributed by atoms with Crippen LogP contribution >= 0.6 is 0 Å². The van der Waals surface area contributed by atoms with Gasteiger partial charge in [0, 0.05) is 75.6 Å². The number of piperazine rings is 2. The number of carbonyl (C=O) groups excluding carboxylic acids is 2. The molecular weight excluding hydrogens is 376 g/mol. The van der Waals surface area contributed by atoms with E-state index in [1.165, 1.54) is 24.9 Å². The van der Waals surface area contributed by atoms with Gasteiger partial charge in [0.1, 0.15) is 0 Å². The fourth-order valence-electron chi connectivity index (χ4n) is 4.96. The number of hydrogen-bond donors (Lipinski definition) is 0. The Balaban J connectivity index is 1.06. The van der Waals surface area contributed by atoms with Crippen molar-refractivity contribution in [2.45, 2.75) is 38.1 Å². The average molecular weight is 411 g/mol. The molecule has 162 valence electrons. The molecule has 0 unspecified atom stereocenters. The van der Waals surface area contributed by atoms with E-state index in [0.717, 1.165) is 76.8 Å². The zero-order chi connectivity index (χ0) is 20.5. The van der Waals surface area contributed by atoms with Crippen LogP contribution in [0.25, 0.3) is 0 Å². The molecule has 0 spiro atoms. The second kappa shape index (κ2) is 8.67. The Morgan fingerprint density at radius 1 is 0.800 bits per heavy atom. The molecule has 30 heavy (non-hydrogen) atoms. The molecule has 6 nitrogen and oxygen atoms in total. The van der Waals surface area contributed by atoms with E-state index in [2.05, 4.69) is 31.7 Å². The minimum absolute atomic E-state index is 0.276. The highest BCUT2D eigenvalue weighted by Gasteiger charge is 2.31. The molecule has 0 radical (unpaired) electrons. The summed E-state index contributed by atoms with van der Waals surface area (Å²) in [5, 5.41) is 0. The number of nitrogens with zero attached hydrogens (tertiary/aromatic N) is 4. The summed E-state index contributed by atoms with van der Waals surface area (Å²) in [6.07, 6.45) is 6.17. The van der Waals surface area contributed by atoms with Gasteiger partial charge in [0.15, 0.2) is 5.78 Å². The summed E-state index contributed by atoms with van der Waals surface area (Å²) < 4.78 is 0. The Morgan fingerprint density at radius 2 is 1.47 bits per heavy atom. The first kappa shape index (κ1) is 20.0. The van der Waals surface area contributed by atoms with E-state index in [1.807, 2.05) is 12.1 Å². The predicted molar refractivity (Wildman–Crippen MR) is 118 cm³/mol. The third-order valence-electron chi connectivity index (χ3n) is 7.45. The average Bonchev–Trinajstić information content (AvgIpc) is 3.59. The van der Waals surface area contributed by atoms with Gasteiger partial charge in [-0.25, -0.2) is 0 Å². The lowest BCUT2D eigenvalue weighted by atomic mass is 9.91. The summed E-state index contributed by atoms with van der Waals surface area (Å²) in [5.74, 6) is 0.871. The molecule has 0 bridgehead atoms. The normalized spacial score (nSPS) is 24.0. The zero-order valence-corrected chi connectivity index (χ0v) is 18.0. The third-order valence-corrected chi connectivity index (χ3v) is 7.45. The molecule has 0 aromatic heterocycles. The van der Waals surface area contributed by atoms with Crippen LogP contribution in [0.4, 0.5) is 5.69 Å². The van der Waals surface area contributed by atoms with Gasteiger partial charge < -0.3 is 9.80 Å². The van der Waals surface area contributed by atoms with Crippen molar-refractivity contribution in [3.8, 4) is 0 Å². The van der Waals surface area contributed by atoms with Gasteiger partial charge in [0.2, 0.25) is 5.91 Å². The minimum Gasteiger partial charge on any atom is -0.369 e. The molecule has 0 N–H and O–H groups in total. The Morgan fingerprint density at radius 3 is 2.03 bits per heavy atom. The van der Waals surface area contributed by atoms with Crippen molar-refractivity contribution in [3.63, 3.8) is 0 Å². The fraction of sp³-hybridized carbons (Fsp3) is 0.667. The molecular formula is C24H34N4O2. The van der Waals surface area contributed by atoms with Crippen molar-refractivity contribution >= 4 is 17.4 Å². The Bertz CT molecular complexity index is 756. The Labute approximate surface area is 179 Å². The monoisotopic (exact) mass is 410 g/mol. The fourth-order valence-corrected chi connectivity index (χ4v) is 4.96.